The Morgan fingerprint density at radius 1 is 1.13 bits per heavy atom. The molecule has 5 rings (SSSR count). The van der Waals surface area contributed by atoms with Crippen LogP contribution in [0, 0.1) is 6.92 Å². The van der Waals surface area contributed by atoms with Crippen molar-refractivity contribution in [2.24, 2.45) is 0 Å². The van der Waals surface area contributed by atoms with Crippen LogP contribution in [-0.4, -0.2) is 61.5 Å². The minimum Gasteiger partial charge on any atom is -0.444 e. The maximum absolute atomic E-state index is 14.5. The van der Waals surface area contributed by atoms with Crippen molar-refractivity contribution in [3.05, 3.63) is 58.2 Å². The summed E-state index contributed by atoms with van der Waals surface area (Å²) in [5, 5.41) is 12.0. The number of alkyl halides is 3. The third-order valence-corrected chi connectivity index (χ3v) is 7.49. The van der Waals surface area contributed by atoms with Crippen LogP contribution in [0.1, 0.15) is 44.4 Å². The first kappa shape index (κ1) is 27.3. The number of rotatable bonds is 4. The summed E-state index contributed by atoms with van der Waals surface area (Å²) >= 11 is 3.52. The number of fused-ring (bicyclic) bond motifs is 2. The third kappa shape index (κ3) is 5.72. The van der Waals surface area contributed by atoms with E-state index in [1.54, 1.807) is 31.2 Å². The summed E-state index contributed by atoms with van der Waals surface area (Å²) in [4.78, 5) is 18.3. The molecule has 2 atom stereocenters. The van der Waals surface area contributed by atoms with Gasteiger partial charge in [-0.15, -0.1) is 10.2 Å². The molecule has 1 aliphatic heterocycles. The summed E-state index contributed by atoms with van der Waals surface area (Å²) < 4.78 is 51.1. The predicted molar refractivity (Wildman–Crippen MR) is 144 cm³/mol. The quantitative estimate of drug-likeness (QED) is 0.298. The van der Waals surface area contributed by atoms with E-state index in [9.17, 15) is 18.0 Å². The van der Waals surface area contributed by atoms with E-state index in [1.165, 1.54) is 23.2 Å². The number of amides is 1. The molecular formula is C27H28BrF3N6O2. The van der Waals surface area contributed by atoms with Crippen LogP contribution in [0.15, 0.2) is 47.1 Å². The predicted octanol–water partition coefficient (Wildman–Crippen LogP) is 6.22. The highest BCUT2D eigenvalue weighted by molar-refractivity contribution is 9.10. The molecule has 4 heterocycles. The Balaban J connectivity index is 1.46. The number of nitrogens with one attached hydrogen (secondary N) is 1. The summed E-state index contributed by atoms with van der Waals surface area (Å²) in [6.07, 6.45) is -3.38. The van der Waals surface area contributed by atoms with Crippen molar-refractivity contribution >= 4 is 38.6 Å². The van der Waals surface area contributed by atoms with Gasteiger partial charge in [-0.1, -0.05) is 34.1 Å². The highest BCUT2D eigenvalue weighted by Gasteiger charge is 2.47. The average Bonchev–Trinajstić information content (AvgIpc) is 3.46. The number of ether oxygens (including phenoxy) is 1. The van der Waals surface area contributed by atoms with Crippen molar-refractivity contribution in [3.8, 4) is 11.5 Å². The minimum atomic E-state index is -4.55. The molecule has 0 aliphatic carbocycles. The largest absolute Gasteiger partial charge is 0.444 e. The second kappa shape index (κ2) is 10.1. The first-order valence-corrected chi connectivity index (χ1v) is 13.3. The molecule has 0 unspecified atom stereocenters. The molecule has 12 heteroatoms. The van der Waals surface area contributed by atoms with Gasteiger partial charge >= 0.3 is 12.3 Å². The smallest absolute Gasteiger partial charge is 0.408 e. The monoisotopic (exact) mass is 604 g/mol. The molecule has 0 saturated carbocycles. The fraction of sp³-hybridized carbons (Fsp3) is 0.407. The maximum Gasteiger partial charge on any atom is 0.408 e. The lowest BCUT2D eigenvalue weighted by Gasteiger charge is -2.30. The Bertz CT molecular complexity index is 1550. The van der Waals surface area contributed by atoms with Gasteiger partial charge in [0.2, 0.25) is 0 Å². The molecule has 8 nitrogen and oxygen atoms in total. The van der Waals surface area contributed by atoms with Crippen LogP contribution in [0.4, 0.5) is 18.0 Å². The molecule has 1 aromatic carbocycles. The molecule has 0 radical (unpaired) electrons. The van der Waals surface area contributed by atoms with Crippen LogP contribution in [0.3, 0.4) is 0 Å². The van der Waals surface area contributed by atoms with Gasteiger partial charge in [-0.05, 0) is 63.4 Å². The molecule has 0 bridgehead atoms. The fourth-order valence-corrected chi connectivity index (χ4v) is 5.21. The number of pyridine rings is 2. The van der Waals surface area contributed by atoms with E-state index in [1.807, 2.05) is 25.1 Å². The van der Waals surface area contributed by atoms with Crippen LogP contribution in [0.5, 0.6) is 0 Å². The van der Waals surface area contributed by atoms with Gasteiger partial charge in [-0.3, -0.25) is 9.30 Å². The van der Waals surface area contributed by atoms with Gasteiger partial charge in [0.05, 0.1) is 5.52 Å². The SMILES string of the molecule is Cc1c(Br)ccc2ccc(-c3nnc4ccc([C@@H](N5CC[C@H](NC(=O)OC(C)(C)C)C5)C(F)(F)F)cn34)nc12. The molecule has 1 N–H and O–H groups in total. The first-order chi connectivity index (χ1) is 18.3. The zero-order valence-electron chi connectivity index (χ0n) is 21.9. The van der Waals surface area contributed by atoms with Gasteiger partial charge in [0.25, 0.3) is 0 Å². The molecule has 206 valence electrons. The van der Waals surface area contributed by atoms with E-state index in [0.29, 0.717) is 23.6 Å². The molecule has 1 fully saturated rings. The average molecular weight is 605 g/mol. The van der Waals surface area contributed by atoms with Gasteiger partial charge in [0.1, 0.15) is 17.3 Å². The van der Waals surface area contributed by atoms with Crippen LogP contribution in [0.25, 0.3) is 28.1 Å². The number of likely N-dealkylation sites (tertiary alicyclic amines) is 1. The second-order valence-electron chi connectivity index (χ2n) is 10.7. The first-order valence-electron chi connectivity index (χ1n) is 12.5. The van der Waals surface area contributed by atoms with Crippen molar-refractivity contribution in [1.82, 2.24) is 29.8 Å². The van der Waals surface area contributed by atoms with Crippen molar-refractivity contribution in [2.45, 2.75) is 58.0 Å². The summed E-state index contributed by atoms with van der Waals surface area (Å²) in [5.41, 5.74) is 1.98. The van der Waals surface area contributed by atoms with Gasteiger partial charge in [0, 0.05) is 35.2 Å². The van der Waals surface area contributed by atoms with Crippen LogP contribution >= 0.6 is 15.9 Å². The lowest BCUT2D eigenvalue weighted by atomic mass is 10.1. The third-order valence-electron chi connectivity index (χ3n) is 6.63. The molecule has 4 aromatic rings. The normalized spacial score (nSPS) is 17.6. The lowest BCUT2D eigenvalue weighted by molar-refractivity contribution is -0.184. The van der Waals surface area contributed by atoms with Crippen molar-refractivity contribution in [2.75, 3.05) is 13.1 Å². The highest BCUT2D eigenvalue weighted by atomic mass is 79.9. The molecule has 3 aromatic heterocycles. The van der Waals surface area contributed by atoms with E-state index in [2.05, 4.69) is 31.4 Å². The van der Waals surface area contributed by atoms with Crippen molar-refractivity contribution < 1.29 is 22.7 Å². The zero-order chi connectivity index (χ0) is 28.1. The van der Waals surface area contributed by atoms with Gasteiger partial charge in [-0.25, -0.2) is 9.78 Å². The Kier molecular flexibility index (Phi) is 7.04. The molecule has 0 spiro atoms. The van der Waals surface area contributed by atoms with Gasteiger partial charge in [-0.2, -0.15) is 13.2 Å². The zero-order valence-corrected chi connectivity index (χ0v) is 23.5. The molecule has 1 saturated heterocycles. The van der Waals surface area contributed by atoms with Crippen molar-refractivity contribution in [3.63, 3.8) is 0 Å². The number of aromatic nitrogens is 4. The van der Waals surface area contributed by atoms with E-state index >= 15 is 0 Å². The fourth-order valence-electron chi connectivity index (χ4n) is 4.89. The van der Waals surface area contributed by atoms with Crippen molar-refractivity contribution in [1.29, 1.82) is 0 Å². The number of halogens is 4. The Morgan fingerprint density at radius 3 is 2.59 bits per heavy atom. The standard InChI is InChI=1S/C27H28BrF3N6O2/c1-15-19(28)8-5-16-6-9-20(33-22(15)16)24-35-34-21-10-7-17(13-37(21)24)23(27(29,30)31)36-12-11-18(14-36)32-25(38)39-26(2,3)4/h5-10,13,18,23H,11-12,14H2,1-4H3,(H,32,38)/t18-,23+/m0/s1. The molecule has 1 amide bonds. The lowest BCUT2D eigenvalue weighted by Crippen LogP contribution is -2.42. The second-order valence-corrected chi connectivity index (χ2v) is 11.6. The topological polar surface area (TPSA) is 84.7 Å². The van der Waals surface area contributed by atoms with Gasteiger partial charge in [0.15, 0.2) is 11.5 Å². The number of alkyl carbamates (subject to hydrolysis) is 1. The Hall–Kier alpha value is -3.25. The number of carbonyl (C=O) groups excluding carboxylic acids is 1. The van der Waals surface area contributed by atoms with E-state index in [0.717, 1.165) is 20.9 Å². The van der Waals surface area contributed by atoms with Crippen LogP contribution in [0.2, 0.25) is 0 Å². The van der Waals surface area contributed by atoms with E-state index < -0.39 is 30.0 Å². The Labute approximate surface area is 231 Å². The summed E-state index contributed by atoms with van der Waals surface area (Å²) in [5.74, 6) is 0.347. The molecule has 1 aliphatic rings. The molecule has 39 heavy (non-hydrogen) atoms. The molecular weight excluding hydrogens is 577 g/mol. The minimum absolute atomic E-state index is 0.0386. The summed E-state index contributed by atoms with van der Waals surface area (Å²) in [6, 6.07) is 8.21. The van der Waals surface area contributed by atoms with E-state index in [4.69, 9.17) is 9.72 Å². The number of hydrogen-bond acceptors (Lipinski definition) is 6. The summed E-state index contributed by atoms with van der Waals surface area (Å²) in [7, 11) is 0. The number of carbonyl (C=O) groups is 1. The number of benzene rings is 1. The Morgan fingerprint density at radius 2 is 1.87 bits per heavy atom. The van der Waals surface area contributed by atoms with Crippen LogP contribution in [-0.2, 0) is 4.74 Å². The number of hydrogen-bond donors (Lipinski definition) is 1. The number of aryl methyl sites for hydroxylation is 1. The van der Waals surface area contributed by atoms with Crippen LogP contribution < -0.4 is 5.32 Å². The maximum atomic E-state index is 14.5. The van der Waals surface area contributed by atoms with E-state index in [-0.39, 0.29) is 18.7 Å². The van der Waals surface area contributed by atoms with Gasteiger partial charge < -0.3 is 10.1 Å². The number of nitrogens with zero attached hydrogens (tertiary/aromatic N) is 5. The highest BCUT2D eigenvalue weighted by Crippen LogP contribution is 2.40. The summed E-state index contributed by atoms with van der Waals surface area (Å²) in [6.45, 7) is 7.34.